The molecule has 104 valence electrons. The van der Waals surface area contributed by atoms with E-state index in [1.54, 1.807) is 6.07 Å². The number of aromatic nitrogens is 4. The molecule has 2 rings (SSSR count). The van der Waals surface area contributed by atoms with E-state index in [1.165, 1.54) is 11.3 Å². The van der Waals surface area contributed by atoms with Gasteiger partial charge in [-0.2, -0.15) is 5.21 Å². The predicted molar refractivity (Wildman–Crippen MR) is 70.0 cm³/mol. The van der Waals surface area contributed by atoms with Gasteiger partial charge in [-0.1, -0.05) is 5.21 Å². The fourth-order valence-corrected chi connectivity index (χ4v) is 4.07. The van der Waals surface area contributed by atoms with Crippen LogP contribution < -0.4 is 10.0 Å². The van der Waals surface area contributed by atoms with Gasteiger partial charge in [-0.05, 0) is 25.6 Å². The number of sulfonamides is 1. The number of hydrogen-bond acceptors (Lipinski definition) is 7. The van der Waals surface area contributed by atoms with E-state index in [2.05, 4.69) is 30.7 Å². The molecule has 3 N–H and O–H groups in total. The highest BCUT2D eigenvalue weighted by atomic mass is 32.2. The van der Waals surface area contributed by atoms with E-state index >= 15 is 0 Å². The van der Waals surface area contributed by atoms with Crippen molar-refractivity contribution in [2.45, 2.75) is 24.2 Å². The van der Waals surface area contributed by atoms with Crippen molar-refractivity contribution in [1.82, 2.24) is 30.7 Å². The highest BCUT2D eigenvalue weighted by molar-refractivity contribution is 7.91. The molecular formula is C9H14N6O2S2. The Balaban J connectivity index is 2.12. The van der Waals surface area contributed by atoms with Crippen LogP contribution in [0, 0.1) is 6.92 Å². The molecule has 0 aliphatic rings. The minimum absolute atomic E-state index is 0.0111. The summed E-state index contributed by atoms with van der Waals surface area (Å²) in [5, 5.41) is 16.0. The molecule has 0 bridgehead atoms. The van der Waals surface area contributed by atoms with Crippen molar-refractivity contribution >= 4 is 21.4 Å². The van der Waals surface area contributed by atoms with Gasteiger partial charge in [-0.3, -0.25) is 0 Å². The molecule has 0 radical (unpaired) electrons. The molecule has 0 aliphatic carbocycles. The number of hydrogen-bond donors (Lipinski definition) is 3. The van der Waals surface area contributed by atoms with Gasteiger partial charge in [-0.25, -0.2) is 13.1 Å². The number of rotatable bonds is 6. The fourth-order valence-electron chi connectivity index (χ4n) is 1.45. The topological polar surface area (TPSA) is 113 Å². The molecule has 0 atom stereocenters. The maximum atomic E-state index is 12.1. The first-order valence-electron chi connectivity index (χ1n) is 5.49. The van der Waals surface area contributed by atoms with Gasteiger partial charge in [0.05, 0.1) is 6.54 Å². The van der Waals surface area contributed by atoms with Crippen LogP contribution in [-0.4, -0.2) is 36.1 Å². The van der Waals surface area contributed by atoms with Crippen LogP contribution >= 0.6 is 11.3 Å². The Labute approximate surface area is 114 Å². The smallest absolute Gasteiger partial charge is 0.250 e. The summed E-state index contributed by atoms with van der Waals surface area (Å²) in [4.78, 5) is 1.00. The van der Waals surface area contributed by atoms with Crippen molar-refractivity contribution in [1.29, 1.82) is 0 Å². The van der Waals surface area contributed by atoms with Gasteiger partial charge < -0.3 is 5.32 Å². The van der Waals surface area contributed by atoms with Crippen LogP contribution in [0.5, 0.6) is 0 Å². The number of tetrazole rings is 1. The number of nitrogens with zero attached hydrogens (tertiary/aromatic N) is 3. The second-order valence-electron chi connectivity index (χ2n) is 3.85. The SMILES string of the molecule is CNCc1sc(S(=O)(=O)NCc2nn[nH]n2)cc1C. The van der Waals surface area contributed by atoms with Gasteiger partial charge in [0, 0.05) is 11.4 Å². The van der Waals surface area contributed by atoms with Gasteiger partial charge in [0.2, 0.25) is 10.0 Å². The van der Waals surface area contributed by atoms with Crippen LogP contribution in [0.25, 0.3) is 0 Å². The average molecular weight is 302 g/mol. The van der Waals surface area contributed by atoms with Crippen LogP contribution in [-0.2, 0) is 23.1 Å². The number of nitrogens with one attached hydrogen (secondary N) is 3. The lowest BCUT2D eigenvalue weighted by Crippen LogP contribution is -2.23. The van der Waals surface area contributed by atoms with Crippen LogP contribution in [0.15, 0.2) is 10.3 Å². The van der Waals surface area contributed by atoms with Crippen molar-refractivity contribution in [2.24, 2.45) is 0 Å². The van der Waals surface area contributed by atoms with Crippen molar-refractivity contribution in [3.05, 3.63) is 22.3 Å². The summed E-state index contributed by atoms with van der Waals surface area (Å²) in [5.41, 5.74) is 0.958. The Bertz CT molecular complexity index is 634. The number of aryl methyl sites for hydroxylation is 1. The zero-order valence-corrected chi connectivity index (χ0v) is 12.1. The summed E-state index contributed by atoms with van der Waals surface area (Å²) < 4.78 is 26.9. The standard InChI is InChI=1S/C9H14N6O2S2/c1-6-3-9(18-7(6)4-10-2)19(16,17)11-5-8-12-14-15-13-8/h3,10-11H,4-5H2,1-2H3,(H,12,13,14,15). The second-order valence-corrected chi connectivity index (χ2v) is 6.99. The first kappa shape index (κ1) is 14.1. The third-order valence-electron chi connectivity index (χ3n) is 2.41. The Morgan fingerprint density at radius 3 is 2.84 bits per heavy atom. The third kappa shape index (κ3) is 3.35. The molecule has 2 aromatic heterocycles. The maximum Gasteiger partial charge on any atom is 0.250 e. The van der Waals surface area contributed by atoms with Gasteiger partial charge in [0.15, 0.2) is 5.82 Å². The van der Waals surface area contributed by atoms with Gasteiger partial charge in [0.1, 0.15) is 4.21 Å². The molecule has 10 heteroatoms. The van der Waals surface area contributed by atoms with Crippen LogP contribution in [0.4, 0.5) is 0 Å². The quantitative estimate of drug-likeness (QED) is 0.679. The predicted octanol–water partition coefficient (Wildman–Crippen LogP) is -0.232. The molecule has 0 unspecified atom stereocenters. The van der Waals surface area contributed by atoms with Crippen LogP contribution in [0.3, 0.4) is 0 Å². The van der Waals surface area contributed by atoms with Crippen molar-refractivity contribution in [3.8, 4) is 0 Å². The highest BCUT2D eigenvalue weighted by Crippen LogP contribution is 2.25. The molecule has 0 amide bonds. The average Bonchev–Trinajstić information content (AvgIpc) is 2.98. The molecule has 0 saturated heterocycles. The summed E-state index contributed by atoms with van der Waals surface area (Å²) in [6.07, 6.45) is 0. The highest BCUT2D eigenvalue weighted by Gasteiger charge is 2.19. The van der Waals surface area contributed by atoms with Crippen LogP contribution in [0.2, 0.25) is 0 Å². The Hall–Kier alpha value is -1.36. The van der Waals surface area contributed by atoms with E-state index in [0.717, 1.165) is 10.4 Å². The van der Waals surface area contributed by atoms with E-state index in [0.29, 0.717) is 16.6 Å². The molecule has 0 fully saturated rings. The molecule has 8 nitrogen and oxygen atoms in total. The first-order chi connectivity index (χ1) is 9.03. The van der Waals surface area contributed by atoms with Crippen molar-refractivity contribution < 1.29 is 8.42 Å². The largest absolute Gasteiger partial charge is 0.315 e. The van der Waals surface area contributed by atoms with Crippen molar-refractivity contribution in [2.75, 3.05) is 7.05 Å². The lowest BCUT2D eigenvalue weighted by atomic mass is 10.3. The van der Waals surface area contributed by atoms with Gasteiger partial charge in [-0.15, -0.1) is 21.5 Å². The minimum atomic E-state index is -3.54. The van der Waals surface area contributed by atoms with E-state index in [-0.39, 0.29) is 6.54 Å². The number of H-pyrrole nitrogens is 1. The van der Waals surface area contributed by atoms with E-state index in [9.17, 15) is 8.42 Å². The fraction of sp³-hybridized carbons (Fsp3) is 0.444. The van der Waals surface area contributed by atoms with Crippen molar-refractivity contribution in [3.63, 3.8) is 0 Å². The zero-order chi connectivity index (χ0) is 13.9. The molecule has 0 saturated carbocycles. The molecular weight excluding hydrogens is 288 g/mol. The van der Waals surface area contributed by atoms with E-state index in [4.69, 9.17) is 0 Å². The lowest BCUT2D eigenvalue weighted by molar-refractivity contribution is 0.581. The number of aromatic amines is 1. The molecule has 2 aromatic rings. The Morgan fingerprint density at radius 2 is 2.21 bits per heavy atom. The van der Waals surface area contributed by atoms with Gasteiger partial charge in [0.25, 0.3) is 0 Å². The zero-order valence-electron chi connectivity index (χ0n) is 10.5. The molecule has 2 heterocycles. The third-order valence-corrected chi connectivity index (χ3v) is 5.52. The second kappa shape index (κ2) is 5.74. The summed E-state index contributed by atoms with van der Waals surface area (Å²) >= 11 is 1.25. The lowest BCUT2D eigenvalue weighted by Gasteiger charge is -2.01. The molecule has 0 spiro atoms. The Kier molecular flexibility index (Phi) is 4.24. The monoisotopic (exact) mass is 302 g/mol. The maximum absolute atomic E-state index is 12.1. The number of thiophene rings is 1. The molecule has 0 aromatic carbocycles. The summed E-state index contributed by atoms with van der Waals surface area (Å²) in [7, 11) is -1.72. The summed E-state index contributed by atoms with van der Waals surface area (Å²) in [6.45, 7) is 2.55. The molecule has 19 heavy (non-hydrogen) atoms. The van der Waals surface area contributed by atoms with Gasteiger partial charge >= 0.3 is 0 Å². The van der Waals surface area contributed by atoms with E-state index in [1.807, 2.05) is 14.0 Å². The summed E-state index contributed by atoms with van der Waals surface area (Å²) in [5.74, 6) is 0.298. The van der Waals surface area contributed by atoms with E-state index < -0.39 is 10.0 Å². The molecule has 0 aliphatic heterocycles. The minimum Gasteiger partial charge on any atom is -0.315 e. The van der Waals surface area contributed by atoms with Crippen LogP contribution in [0.1, 0.15) is 16.3 Å². The normalized spacial score (nSPS) is 11.9. The first-order valence-corrected chi connectivity index (χ1v) is 7.79. The Morgan fingerprint density at radius 1 is 1.42 bits per heavy atom. The summed E-state index contributed by atoms with van der Waals surface area (Å²) in [6, 6.07) is 1.66.